The lowest BCUT2D eigenvalue weighted by atomic mass is 10.2. The normalized spacial score (nSPS) is 14.2. The molecule has 4 rings (SSSR count). The standard InChI is InChI=1S/C25H29N3O3/c1-18-24(19(2)31-27-18)17-30-23-9-7-8-20(16-23)25(29)26-21-10-12-22(13-11-21)28-14-5-3-4-6-15-28/h7-13,16H,3-6,14-15,17H2,1-2H3,(H,26,29). The Bertz CT molecular complexity index is 999. The van der Waals surface area contributed by atoms with Gasteiger partial charge in [0.05, 0.1) is 11.3 Å². The van der Waals surface area contributed by atoms with Gasteiger partial charge >= 0.3 is 0 Å². The molecule has 1 aliphatic rings. The zero-order valence-electron chi connectivity index (χ0n) is 18.2. The first-order chi connectivity index (χ1) is 15.1. The minimum atomic E-state index is -0.162. The fourth-order valence-corrected chi connectivity index (χ4v) is 3.88. The first kappa shape index (κ1) is 21.0. The average molecular weight is 420 g/mol. The Labute approximate surface area is 183 Å². The summed E-state index contributed by atoms with van der Waals surface area (Å²) in [4.78, 5) is 15.2. The average Bonchev–Trinajstić information content (AvgIpc) is 2.98. The molecule has 1 aromatic heterocycles. The number of nitrogens with one attached hydrogen (secondary N) is 1. The van der Waals surface area contributed by atoms with E-state index in [-0.39, 0.29) is 5.91 Å². The number of nitrogens with zero attached hydrogens (tertiary/aromatic N) is 2. The van der Waals surface area contributed by atoms with Crippen LogP contribution in [0.1, 0.15) is 53.1 Å². The van der Waals surface area contributed by atoms with Crippen molar-refractivity contribution < 1.29 is 14.1 Å². The molecule has 0 aliphatic carbocycles. The highest BCUT2D eigenvalue weighted by Crippen LogP contribution is 2.23. The molecule has 0 unspecified atom stereocenters. The maximum absolute atomic E-state index is 12.7. The first-order valence-corrected chi connectivity index (χ1v) is 10.9. The number of hydrogen-bond donors (Lipinski definition) is 1. The highest BCUT2D eigenvalue weighted by Gasteiger charge is 2.13. The number of carbonyl (C=O) groups excluding carboxylic acids is 1. The van der Waals surface area contributed by atoms with E-state index < -0.39 is 0 Å². The molecule has 1 N–H and O–H groups in total. The van der Waals surface area contributed by atoms with Gasteiger partial charge in [0.15, 0.2) is 0 Å². The Morgan fingerprint density at radius 2 is 1.81 bits per heavy atom. The van der Waals surface area contributed by atoms with Crippen molar-refractivity contribution in [2.75, 3.05) is 23.3 Å². The summed E-state index contributed by atoms with van der Waals surface area (Å²) >= 11 is 0. The third-order valence-electron chi connectivity index (χ3n) is 5.76. The van der Waals surface area contributed by atoms with Crippen molar-refractivity contribution >= 4 is 17.3 Å². The molecule has 1 amide bonds. The predicted molar refractivity (Wildman–Crippen MR) is 122 cm³/mol. The molecule has 0 radical (unpaired) electrons. The van der Waals surface area contributed by atoms with Gasteiger partial charge in [0.2, 0.25) is 0 Å². The zero-order valence-corrected chi connectivity index (χ0v) is 18.2. The number of ether oxygens (including phenoxy) is 1. The van der Waals surface area contributed by atoms with Gasteiger partial charge in [-0.3, -0.25) is 4.79 Å². The largest absolute Gasteiger partial charge is 0.489 e. The summed E-state index contributed by atoms with van der Waals surface area (Å²) in [5.41, 5.74) is 4.29. The summed E-state index contributed by atoms with van der Waals surface area (Å²) in [6.45, 7) is 6.31. The first-order valence-electron chi connectivity index (χ1n) is 10.9. The van der Waals surface area contributed by atoms with Crippen molar-refractivity contribution in [3.05, 3.63) is 71.1 Å². The fraction of sp³-hybridized carbons (Fsp3) is 0.360. The van der Waals surface area contributed by atoms with Gasteiger partial charge in [-0.2, -0.15) is 0 Å². The van der Waals surface area contributed by atoms with Crippen LogP contribution in [0.4, 0.5) is 11.4 Å². The van der Waals surface area contributed by atoms with E-state index in [4.69, 9.17) is 9.26 Å². The van der Waals surface area contributed by atoms with Crippen LogP contribution in [0.3, 0.4) is 0 Å². The minimum absolute atomic E-state index is 0.162. The van der Waals surface area contributed by atoms with E-state index in [1.807, 2.05) is 38.1 Å². The summed E-state index contributed by atoms with van der Waals surface area (Å²) < 4.78 is 11.0. The van der Waals surface area contributed by atoms with Crippen LogP contribution < -0.4 is 15.0 Å². The molecule has 6 heteroatoms. The van der Waals surface area contributed by atoms with E-state index in [9.17, 15) is 4.79 Å². The Hall–Kier alpha value is -3.28. The lowest BCUT2D eigenvalue weighted by molar-refractivity contribution is 0.102. The SMILES string of the molecule is Cc1noc(C)c1COc1cccc(C(=O)Nc2ccc(N3CCCCCC3)cc2)c1. The Morgan fingerprint density at radius 3 is 2.48 bits per heavy atom. The van der Waals surface area contributed by atoms with Gasteiger partial charge in [-0.15, -0.1) is 0 Å². The highest BCUT2D eigenvalue weighted by molar-refractivity contribution is 6.04. The number of amides is 1. The maximum atomic E-state index is 12.7. The quantitative estimate of drug-likeness (QED) is 0.571. The second-order valence-electron chi connectivity index (χ2n) is 8.02. The van der Waals surface area contributed by atoms with Crippen molar-refractivity contribution in [2.24, 2.45) is 0 Å². The topological polar surface area (TPSA) is 67.6 Å². The minimum Gasteiger partial charge on any atom is -0.489 e. The van der Waals surface area contributed by atoms with Crippen LogP contribution in [0.2, 0.25) is 0 Å². The van der Waals surface area contributed by atoms with Crippen molar-refractivity contribution in [1.82, 2.24) is 5.16 Å². The molecule has 162 valence electrons. The van der Waals surface area contributed by atoms with Gasteiger partial charge in [-0.05, 0) is 69.2 Å². The van der Waals surface area contributed by atoms with Gasteiger partial charge in [0.1, 0.15) is 18.1 Å². The Morgan fingerprint density at radius 1 is 1.06 bits per heavy atom. The van der Waals surface area contributed by atoms with E-state index in [1.54, 1.807) is 12.1 Å². The van der Waals surface area contributed by atoms with Crippen molar-refractivity contribution in [1.29, 1.82) is 0 Å². The van der Waals surface area contributed by atoms with Crippen LogP contribution in [-0.4, -0.2) is 24.2 Å². The van der Waals surface area contributed by atoms with Crippen LogP contribution >= 0.6 is 0 Å². The molecule has 6 nitrogen and oxygen atoms in total. The van der Waals surface area contributed by atoms with Crippen LogP contribution in [-0.2, 0) is 6.61 Å². The number of rotatable bonds is 6. The molecule has 3 aromatic rings. The molecular formula is C25H29N3O3. The summed E-state index contributed by atoms with van der Waals surface area (Å²) in [5.74, 6) is 1.21. The van der Waals surface area contributed by atoms with Crippen molar-refractivity contribution in [2.45, 2.75) is 46.1 Å². The van der Waals surface area contributed by atoms with Gasteiger partial charge in [0, 0.05) is 30.0 Å². The summed E-state index contributed by atoms with van der Waals surface area (Å²) in [6.07, 6.45) is 5.11. The Kier molecular flexibility index (Phi) is 6.55. The predicted octanol–water partition coefficient (Wildman–Crippen LogP) is 5.50. The molecule has 2 heterocycles. The smallest absolute Gasteiger partial charge is 0.255 e. The van der Waals surface area contributed by atoms with Crippen LogP contribution in [0.25, 0.3) is 0 Å². The van der Waals surface area contributed by atoms with E-state index in [0.29, 0.717) is 17.9 Å². The lowest BCUT2D eigenvalue weighted by Crippen LogP contribution is -2.23. The summed E-state index contributed by atoms with van der Waals surface area (Å²) in [5, 5.41) is 6.92. The number of anilines is 2. The Balaban J connectivity index is 1.37. The number of benzene rings is 2. The molecule has 0 saturated carbocycles. The number of aryl methyl sites for hydroxylation is 2. The zero-order chi connectivity index (χ0) is 21.6. The molecular weight excluding hydrogens is 390 g/mol. The van der Waals surface area contributed by atoms with E-state index in [2.05, 4.69) is 27.5 Å². The second kappa shape index (κ2) is 9.69. The lowest BCUT2D eigenvalue weighted by Gasteiger charge is -2.22. The van der Waals surface area contributed by atoms with E-state index >= 15 is 0 Å². The third-order valence-corrected chi connectivity index (χ3v) is 5.76. The number of aromatic nitrogens is 1. The fourth-order valence-electron chi connectivity index (χ4n) is 3.88. The molecule has 0 spiro atoms. The molecule has 1 aliphatic heterocycles. The third kappa shape index (κ3) is 5.26. The molecule has 31 heavy (non-hydrogen) atoms. The van der Waals surface area contributed by atoms with Gasteiger partial charge < -0.3 is 19.5 Å². The highest BCUT2D eigenvalue weighted by atomic mass is 16.5. The van der Waals surface area contributed by atoms with Crippen LogP contribution in [0, 0.1) is 13.8 Å². The molecule has 1 fully saturated rings. The van der Waals surface area contributed by atoms with E-state index in [1.165, 1.54) is 31.4 Å². The van der Waals surface area contributed by atoms with Gasteiger partial charge in [-0.1, -0.05) is 24.1 Å². The van der Waals surface area contributed by atoms with E-state index in [0.717, 1.165) is 35.8 Å². The van der Waals surface area contributed by atoms with Gasteiger partial charge in [0.25, 0.3) is 5.91 Å². The maximum Gasteiger partial charge on any atom is 0.255 e. The summed E-state index contributed by atoms with van der Waals surface area (Å²) in [6, 6.07) is 15.3. The molecule has 2 aromatic carbocycles. The second-order valence-corrected chi connectivity index (χ2v) is 8.02. The van der Waals surface area contributed by atoms with Crippen LogP contribution in [0.15, 0.2) is 53.1 Å². The molecule has 0 atom stereocenters. The summed E-state index contributed by atoms with van der Waals surface area (Å²) in [7, 11) is 0. The number of hydrogen-bond acceptors (Lipinski definition) is 5. The number of carbonyl (C=O) groups is 1. The molecule has 0 bridgehead atoms. The van der Waals surface area contributed by atoms with Crippen LogP contribution in [0.5, 0.6) is 5.75 Å². The van der Waals surface area contributed by atoms with Crippen molar-refractivity contribution in [3.8, 4) is 5.75 Å². The van der Waals surface area contributed by atoms with Gasteiger partial charge in [-0.25, -0.2) is 0 Å². The van der Waals surface area contributed by atoms with Crippen molar-refractivity contribution in [3.63, 3.8) is 0 Å². The monoisotopic (exact) mass is 419 g/mol. The molecule has 1 saturated heterocycles.